The second-order valence-electron chi connectivity index (χ2n) is 6.35. The Morgan fingerprint density at radius 1 is 1.25 bits per heavy atom. The number of hydrogen-bond donors (Lipinski definition) is 1. The summed E-state index contributed by atoms with van der Waals surface area (Å²) >= 11 is 0. The summed E-state index contributed by atoms with van der Waals surface area (Å²) in [6, 6.07) is 14.7. The number of rotatable bonds is 4. The smallest absolute Gasteiger partial charge is 0.223 e. The molecule has 2 aromatic rings. The molecule has 2 aromatic carbocycles. The SMILES string of the molecule is Cc1cccc(CCC(=O)N2CCNCC2c2cccc(F)c2)c1. The van der Waals surface area contributed by atoms with Crippen molar-refractivity contribution in [2.45, 2.75) is 25.8 Å². The molecule has 24 heavy (non-hydrogen) atoms. The Morgan fingerprint density at radius 2 is 2.08 bits per heavy atom. The van der Waals surface area contributed by atoms with Crippen molar-refractivity contribution in [2.75, 3.05) is 19.6 Å². The Kier molecular flexibility index (Phi) is 5.26. The number of carbonyl (C=O) groups is 1. The summed E-state index contributed by atoms with van der Waals surface area (Å²) in [5.74, 6) is -0.127. The minimum Gasteiger partial charge on any atom is -0.333 e. The second kappa shape index (κ2) is 7.58. The van der Waals surface area contributed by atoms with Crippen molar-refractivity contribution in [2.24, 2.45) is 0 Å². The average molecular weight is 326 g/mol. The third-order valence-electron chi connectivity index (χ3n) is 4.51. The van der Waals surface area contributed by atoms with Gasteiger partial charge < -0.3 is 10.2 Å². The van der Waals surface area contributed by atoms with Gasteiger partial charge in [0.25, 0.3) is 0 Å². The number of nitrogens with one attached hydrogen (secondary N) is 1. The summed E-state index contributed by atoms with van der Waals surface area (Å²) in [6.07, 6.45) is 1.22. The zero-order valence-electron chi connectivity index (χ0n) is 14.0. The fourth-order valence-electron chi connectivity index (χ4n) is 3.28. The third kappa shape index (κ3) is 4.01. The van der Waals surface area contributed by atoms with Crippen LogP contribution in [0.3, 0.4) is 0 Å². The van der Waals surface area contributed by atoms with Crippen LogP contribution in [0.5, 0.6) is 0 Å². The average Bonchev–Trinajstić information content (AvgIpc) is 2.60. The highest BCUT2D eigenvalue weighted by Crippen LogP contribution is 2.24. The lowest BCUT2D eigenvalue weighted by Gasteiger charge is -2.36. The number of halogens is 1. The monoisotopic (exact) mass is 326 g/mol. The molecule has 1 amide bonds. The van der Waals surface area contributed by atoms with Gasteiger partial charge in [-0.05, 0) is 36.6 Å². The molecule has 1 aliphatic heterocycles. The van der Waals surface area contributed by atoms with Gasteiger partial charge in [-0.1, -0.05) is 42.0 Å². The maximum Gasteiger partial charge on any atom is 0.223 e. The second-order valence-corrected chi connectivity index (χ2v) is 6.35. The maximum absolute atomic E-state index is 13.5. The number of piperazine rings is 1. The number of hydrogen-bond acceptors (Lipinski definition) is 2. The number of carbonyl (C=O) groups excluding carboxylic acids is 1. The Balaban J connectivity index is 1.69. The largest absolute Gasteiger partial charge is 0.333 e. The molecule has 1 fully saturated rings. The van der Waals surface area contributed by atoms with Crippen molar-refractivity contribution in [3.8, 4) is 0 Å². The normalized spacial score (nSPS) is 17.8. The molecule has 1 heterocycles. The van der Waals surface area contributed by atoms with E-state index in [2.05, 4.69) is 30.4 Å². The number of aryl methyl sites for hydroxylation is 2. The lowest BCUT2D eigenvalue weighted by atomic mass is 10.0. The molecule has 1 N–H and O–H groups in total. The molecule has 1 unspecified atom stereocenters. The molecule has 3 rings (SSSR count). The van der Waals surface area contributed by atoms with E-state index in [0.29, 0.717) is 19.5 Å². The number of nitrogens with zero attached hydrogens (tertiary/aromatic N) is 1. The van der Waals surface area contributed by atoms with E-state index in [9.17, 15) is 9.18 Å². The molecule has 126 valence electrons. The molecule has 0 aromatic heterocycles. The summed E-state index contributed by atoms with van der Waals surface area (Å²) in [6.45, 7) is 4.16. The third-order valence-corrected chi connectivity index (χ3v) is 4.51. The van der Waals surface area contributed by atoms with Gasteiger partial charge in [0.05, 0.1) is 6.04 Å². The molecule has 1 atom stereocenters. The van der Waals surface area contributed by atoms with Crippen LogP contribution in [0.1, 0.15) is 29.2 Å². The van der Waals surface area contributed by atoms with Crippen LogP contribution in [-0.2, 0) is 11.2 Å². The molecular weight excluding hydrogens is 303 g/mol. The van der Waals surface area contributed by atoms with E-state index < -0.39 is 0 Å². The van der Waals surface area contributed by atoms with Gasteiger partial charge in [-0.15, -0.1) is 0 Å². The molecule has 0 radical (unpaired) electrons. The Bertz CT molecular complexity index is 716. The van der Waals surface area contributed by atoms with Crippen molar-refractivity contribution < 1.29 is 9.18 Å². The Morgan fingerprint density at radius 3 is 2.88 bits per heavy atom. The van der Waals surface area contributed by atoms with Crippen LogP contribution in [0.15, 0.2) is 48.5 Å². The van der Waals surface area contributed by atoms with Crippen LogP contribution in [0.4, 0.5) is 4.39 Å². The van der Waals surface area contributed by atoms with Crippen molar-refractivity contribution in [3.05, 3.63) is 71.0 Å². The lowest BCUT2D eigenvalue weighted by molar-refractivity contribution is -0.134. The van der Waals surface area contributed by atoms with Gasteiger partial charge >= 0.3 is 0 Å². The summed E-state index contributed by atoms with van der Waals surface area (Å²) in [7, 11) is 0. The van der Waals surface area contributed by atoms with Crippen molar-refractivity contribution >= 4 is 5.91 Å². The molecule has 3 nitrogen and oxygen atoms in total. The molecular formula is C20H23FN2O. The molecule has 4 heteroatoms. The van der Waals surface area contributed by atoms with Crippen molar-refractivity contribution in [3.63, 3.8) is 0 Å². The predicted octanol–water partition coefficient (Wildman–Crippen LogP) is 3.24. The Labute approximate surface area is 142 Å². The topological polar surface area (TPSA) is 32.3 Å². The van der Waals surface area contributed by atoms with E-state index in [0.717, 1.165) is 18.5 Å². The van der Waals surface area contributed by atoms with Gasteiger partial charge in [-0.25, -0.2) is 4.39 Å². The molecule has 0 saturated carbocycles. The molecule has 0 aliphatic carbocycles. The van der Waals surface area contributed by atoms with Gasteiger partial charge in [0, 0.05) is 26.1 Å². The zero-order valence-corrected chi connectivity index (χ0v) is 14.0. The standard InChI is InChI=1S/C20H23FN2O/c1-15-4-2-5-16(12-15)8-9-20(24)23-11-10-22-14-19(23)17-6-3-7-18(21)13-17/h2-7,12-13,19,22H,8-11,14H2,1H3. The fourth-order valence-corrected chi connectivity index (χ4v) is 3.28. The maximum atomic E-state index is 13.5. The first kappa shape index (κ1) is 16.7. The van der Waals surface area contributed by atoms with Crippen LogP contribution >= 0.6 is 0 Å². The van der Waals surface area contributed by atoms with Crippen LogP contribution in [0.2, 0.25) is 0 Å². The molecule has 1 saturated heterocycles. The van der Waals surface area contributed by atoms with E-state index in [1.54, 1.807) is 6.07 Å². The minimum atomic E-state index is -0.259. The highest BCUT2D eigenvalue weighted by atomic mass is 19.1. The van der Waals surface area contributed by atoms with Crippen LogP contribution in [0, 0.1) is 12.7 Å². The summed E-state index contributed by atoms with van der Waals surface area (Å²) in [5.41, 5.74) is 3.24. The lowest BCUT2D eigenvalue weighted by Crippen LogP contribution is -2.48. The van der Waals surface area contributed by atoms with E-state index in [4.69, 9.17) is 0 Å². The molecule has 0 spiro atoms. The predicted molar refractivity (Wildman–Crippen MR) is 93.2 cm³/mol. The van der Waals surface area contributed by atoms with E-state index >= 15 is 0 Å². The van der Waals surface area contributed by atoms with Gasteiger partial charge in [0.15, 0.2) is 0 Å². The first-order chi connectivity index (χ1) is 11.6. The van der Waals surface area contributed by atoms with Gasteiger partial charge in [-0.3, -0.25) is 4.79 Å². The highest BCUT2D eigenvalue weighted by molar-refractivity contribution is 5.77. The number of benzene rings is 2. The highest BCUT2D eigenvalue weighted by Gasteiger charge is 2.27. The summed E-state index contributed by atoms with van der Waals surface area (Å²) < 4.78 is 13.5. The van der Waals surface area contributed by atoms with Gasteiger partial charge in [0.2, 0.25) is 5.91 Å². The Hall–Kier alpha value is -2.20. The summed E-state index contributed by atoms with van der Waals surface area (Å²) in [4.78, 5) is 14.6. The van der Waals surface area contributed by atoms with Crippen LogP contribution < -0.4 is 5.32 Å². The van der Waals surface area contributed by atoms with Crippen LogP contribution in [-0.4, -0.2) is 30.4 Å². The fraction of sp³-hybridized carbons (Fsp3) is 0.350. The van der Waals surface area contributed by atoms with Crippen molar-refractivity contribution in [1.29, 1.82) is 0 Å². The first-order valence-electron chi connectivity index (χ1n) is 8.45. The van der Waals surface area contributed by atoms with Gasteiger partial charge in [-0.2, -0.15) is 0 Å². The molecule has 0 bridgehead atoms. The van der Waals surface area contributed by atoms with Crippen LogP contribution in [0.25, 0.3) is 0 Å². The summed E-state index contributed by atoms with van der Waals surface area (Å²) in [5, 5.41) is 3.30. The number of amides is 1. The quantitative estimate of drug-likeness (QED) is 0.935. The van der Waals surface area contributed by atoms with E-state index in [-0.39, 0.29) is 17.8 Å². The molecule has 1 aliphatic rings. The zero-order chi connectivity index (χ0) is 16.9. The first-order valence-corrected chi connectivity index (χ1v) is 8.45. The van der Waals surface area contributed by atoms with E-state index in [1.807, 2.05) is 17.0 Å². The van der Waals surface area contributed by atoms with Crippen molar-refractivity contribution in [1.82, 2.24) is 10.2 Å². The van der Waals surface area contributed by atoms with E-state index in [1.165, 1.54) is 23.3 Å². The van der Waals surface area contributed by atoms with Gasteiger partial charge in [0.1, 0.15) is 5.82 Å². The minimum absolute atomic E-state index is 0.0977.